The van der Waals surface area contributed by atoms with Gasteiger partial charge < -0.3 is 9.64 Å². The Morgan fingerprint density at radius 1 is 1.25 bits per heavy atom. The smallest absolute Gasteiger partial charge is 0.222 e. The van der Waals surface area contributed by atoms with Crippen molar-refractivity contribution in [1.29, 1.82) is 0 Å². The maximum atomic E-state index is 12.9. The van der Waals surface area contributed by atoms with Crippen LogP contribution >= 0.6 is 0 Å². The predicted molar refractivity (Wildman–Crippen MR) is 72.8 cm³/mol. The Morgan fingerprint density at radius 3 is 2.95 bits per heavy atom. The number of fused-ring (bicyclic) bond motifs is 4. The summed E-state index contributed by atoms with van der Waals surface area (Å²) in [5.41, 5.74) is 1.68. The van der Waals surface area contributed by atoms with E-state index in [0.29, 0.717) is 12.2 Å². The molecule has 1 amide bonds. The highest BCUT2D eigenvalue weighted by molar-refractivity contribution is 6.04. The number of nitrogens with zero attached hydrogens (tertiary/aromatic N) is 1. The third-order valence-corrected chi connectivity index (χ3v) is 4.91. The highest BCUT2D eigenvalue weighted by atomic mass is 16.5. The second-order valence-electron chi connectivity index (χ2n) is 5.98. The van der Waals surface area contributed by atoms with E-state index in [0.717, 1.165) is 30.5 Å². The number of benzene rings is 1. The van der Waals surface area contributed by atoms with E-state index in [9.17, 15) is 9.59 Å². The molecule has 1 aromatic carbocycles. The van der Waals surface area contributed by atoms with E-state index in [4.69, 9.17) is 4.74 Å². The molecule has 2 fully saturated rings. The van der Waals surface area contributed by atoms with Crippen molar-refractivity contribution >= 4 is 11.7 Å². The number of ether oxygens (including phenoxy) is 1. The number of hydrogen-bond donors (Lipinski definition) is 0. The molecule has 20 heavy (non-hydrogen) atoms. The molecule has 4 rings (SSSR count). The fourth-order valence-corrected chi connectivity index (χ4v) is 3.97. The number of amides is 1. The fraction of sp³-hybridized carbons (Fsp3) is 0.500. The zero-order valence-corrected chi connectivity index (χ0v) is 11.5. The van der Waals surface area contributed by atoms with Crippen molar-refractivity contribution in [3.05, 3.63) is 29.3 Å². The first-order chi connectivity index (χ1) is 9.66. The predicted octanol–water partition coefficient (Wildman–Crippen LogP) is 1.95. The van der Waals surface area contributed by atoms with Crippen LogP contribution in [0, 0.1) is 12.8 Å². The Morgan fingerprint density at radius 2 is 2.10 bits per heavy atom. The van der Waals surface area contributed by atoms with Gasteiger partial charge in [0.25, 0.3) is 0 Å². The van der Waals surface area contributed by atoms with E-state index < -0.39 is 0 Å². The van der Waals surface area contributed by atoms with Crippen molar-refractivity contribution in [2.75, 3.05) is 6.54 Å². The van der Waals surface area contributed by atoms with Crippen LogP contribution in [0.1, 0.15) is 35.2 Å². The van der Waals surface area contributed by atoms with Gasteiger partial charge in [-0.3, -0.25) is 9.59 Å². The Kier molecular flexibility index (Phi) is 2.43. The minimum Gasteiger partial charge on any atom is -0.489 e. The molecule has 0 spiro atoms. The van der Waals surface area contributed by atoms with Gasteiger partial charge in [0, 0.05) is 25.4 Å². The van der Waals surface area contributed by atoms with Gasteiger partial charge in [-0.05, 0) is 25.0 Å². The van der Waals surface area contributed by atoms with Gasteiger partial charge in [-0.25, -0.2) is 0 Å². The molecule has 0 radical (unpaired) electrons. The molecule has 3 atom stereocenters. The molecule has 0 aromatic heterocycles. The summed E-state index contributed by atoms with van der Waals surface area (Å²) in [6.07, 6.45) is 2.05. The zero-order chi connectivity index (χ0) is 13.9. The number of aryl methyl sites for hydroxylation is 1. The van der Waals surface area contributed by atoms with Crippen molar-refractivity contribution in [3.8, 4) is 5.75 Å². The van der Waals surface area contributed by atoms with Crippen LogP contribution in [0.4, 0.5) is 0 Å². The standard InChI is InChI=1S/C16H17NO3/c1-9-3-2-4-11-14(9)16(19)15-10-5-6-13(18)17(10)8-7-12(15)20-11/h2-4,10,12,15H,5-8H2,1H3/t10-,12+,15-/m0/s1. The first-order valence-electron chi connectivity index (χ1n) is 7.27. The molecule has 4 nitrogen and oxygen atoms in total. The number of carbonyl (C=O) groups excluding carboxylic acids is 2. The van der Waals surface area contributed by atoms with Gasteiger partial charge in [0.05, 0.1) is 11.5 Å². The average Bonchev–Trinajstić information content (AvgIpc) is 2.80. The minimum absolute atomic E-state index is 0.0431. The number of piperidine rings is 1. The van der Waals surface area contributed by atoms with Gasteiger partial charge in [-0.2, -0.15) is 0 Å². The number of Topliss-reactive ketones (excluding diaryl/α,β-unsaturated/α-hetero) is 1. The van der Waals surface area contributed by atoms with Gasteiger partial charge in [0.1, 0.15) is 11.9 Å². The van der Waals surface area contributed by atoms with E-state index in [-0.39, 0.29) is 29.8 Å². The molecule has 3 aliphatic heterocycles. The molecule has 0 bridgehead atoms. The normalized spacial score (nSPS) is 31.4. The first kappa shape index (κ1) is 11.9. The third kappa shape index (κ3) is 1.48. The third-order valence-electron chi connectivity index (χ3n) is 4.91. The molecular formula is C16H17NO3. The molecule has 0 saturated carbocycles. The Labute approximate surface area is 117 Å². The van der Waals surface area contributed by atoms with Crippen molar-refractivity contribution in [2.45, 2.75) is 38.3 Å². The van der Waals surface area contributed by atoms with Gasteiger partial charge in [-0.1, -0.05) is 12.1 Å². The molecule has 1 aromatic rings. The second kappa shape index (κ2) is 4.08. The lowest BCUT2D eigenvalue weighted by Crippen LogP contribution is -2.55. The average molecular weight is 271 g/mol. The lowest BCUT2D eigenvalue weighted by atomic mass is 9.78. The highest BCUT2D eigenvalue weighted by Gasteiger charge is 2.50. The van der Waals surface area contributed by atoms with Gasteiger partial charge in [-0.15, -0.1) is 0 Å². The molecule has 0 N–H and O–H groups in total. The van der Waals surface area contributed by atoms with Crippen molar-refractivity contribution in [1.82, 2.24) is 4.90 Å². The molecule has 3 heterocycles. The quantitative estimate of drug-likeness (QED) is 0.724. The lowest BCUT2D eigenvalue weighted by molar-refractivity contribution is -0.131. The largest absolute Gasteiger partial charge is 0.489 e. The molecular weight excluding hydrogens is 254 g/mol. The fourth-order valence-electron chi connectivity index (χ4n) is 3.97. The summed E-state index contributed by atoms with van der Waals surface area (Å²) in [6.45, 7) is 2.67. The summed E-state index contributed by atoms with van der Waals surface area (Å²) >= 11 is 0. The van der Waals surface area contributed by atoms with Crippen LogP contribution in [-0.4, -0.2) is 35.3 Å². The second-order valence-corrected chi connectivity index (χ2v) is 5.98. The zero-order valence-electron chi connectivity index (χ0n) is 11.5. The molecule has 2 saturated heterocycles. The summed E-state index contributed by atoms with van der Waals surface area (Å²) in [5, 5.41) is 0. The van der Waals surface area contributed by atoms with Crippen LogP contribution in [0.15, 0.2) is 18.2 Å². The number of hydrogen-bond acceptors (Lipinski definition) is 3. The highest BCUT2D eigenvalue weighted by Crippen LogP contribution is 2.42. The summed E-state index contributed by atoms with van der Waals surface area (Å²) in [4.78, 5) is 26.7. The maximum Gasteiger partial charge on any atom is 0.222 e. The summed E-state index contributed by atoms with van der Waals surface area (Å²) in [7, 11) is 0. The molecule has 3 aliphatic rings. The van der Waals surface area contributed by atoms with E-state index >= 15 is 0 Å². The summed E-state index contributed by atoms with van der Waals surface area (Å²) < 4.78 is 6.07. The van der Waals surface area contributed by atoms with E-state index in [1.165, 1.54) is 0 Å². The summed E-state index contributed by atoms with van der Waals surface area (Å²) in [5.74, 6) is 0.897. The SMILES string of the molecule is Cc1cccc2c1C(=O)[C@@H]1[C@@H](CCN3C(=O)CC[C@@H]13)O2. The number of rotatable bonds is 0. The summed E-state index contributed by atoms with van der Waals surface area (Å²) in [6, 6.07) is 5.79. The topological polar surface area (TPSA) is 46.6 Å². The van der Waals surface area contributed by atoms with Crippen LogP contribution in [0.2, 0.25) is 0 Å². The first-order valence-corrected chi connectivity index (χ1v) is 7.27. The molecule has 104 valence electrons. The van der Waals surface area contributed by atoms with Crippen LogP contribution < -0.4 is 4.74 Å². The number of ketones is 1. The molecule has 0 aliphatic carbocycles. The molecule has 0 unspecified atom stereocenters. The van der Waals surface area contributed by atoms with Crippen LogP contribution in [0.25, 0.3) is 0 Å². The van der Waals surface area contributed by atoms with Crippen LogP contribution in [-0.2, 0) is 4.79 Å². The van der Waals surface area contributed by atoms with Gasteiger partial charge in [0.2, 0.25) is 5.91 Å². The Balaban J connectivity index is 1.78. The van der Waals surface area contributed by atoms with E-state index in [2.05, 4.69) is 0 Å². The molecule has 4 heteroatoms. The Bertz CT molecular complexity index is 610. The van der Waals surface area contributed by atoms with Gasteiger partial charge >= 0.3 is 0 Å². The van der Waals surface area contributed by atoms with E-state index in [1.807, 2.05) is 30.0 Å². The van der Waals surface area contributed by atoms with Crippen LogP contribution in [0.5, 0.6) is 5.75 Å². The van der Waals surface area contributed by atoms with Crippen molar-refractivity contribution in [2.24, 2.45) is 5.92 Å². The maximum absolute atomic E-state index is 12.9. The van der Waals surface area contributed by atoms with Crippen molar-refractivity contribution < 1.29 is 14.3 Å². The Hall–Kier alpha value is -1.84. The van der Waals surface area contributed by atoms with Crippen LogP contribution in [0.3, 0.4) is 0 Å². The number of carbonyl (C=O) groups is 2. The van der Waals surface area contributed by atoms with Gasteiger partial charge in [0.15, 0.2) is 5.78 Å². The van der Waals surface area contributed by atoms with E-state index in [1.54, 1.807) is 0 Å². The lowest BCUT2D eigenvalue weighted by Gasteiger charge is -2.44. The minimum atomic E-state index is -0.177. The van der Waals surface area contributed by atoms with Crippen molar-refractivity contribution in [3.63, 3.8) is 0 Å². The monoisotopic (exact) mass is 271 g/mol.